The third-order valence-electron chi connectivity index (χ3n) is 5.69. The van der Waals surface area contributed by atoms with Crippen LogP contribution in [-0.4, -0.2) is 23.0 Å². The van der Waals surface area contributed by atoms with E-state index < -0.39 is 5.60 Å². The second kappa shape index (κ2) is 16.5. The highest BCUT2D eigenvalue weighted by Crippen LogP contribution is 2.35. The predicted molar refractivity (Wildman–Crippen MR) is 159 cm³/mol. The van der Waals surface area contributed by atoms with Crippen LogP contribution >= 0.6 is 35.0 Å². The van der Waals surface area contributed by atoms with Crippen molar-refractivity contribution in [3.05, 3.63) is 74.7 Å². The van der Waals surface area contributed by atoms with Crippen molar-refractivity contribution in [1.29, 1.82) is 0 Å². The number of halogens is 2. The number of aliphatic hydroxyl groups is 1. The Hall–Kier alpha value is -1.30. The summed E-state index contributed by atoms with van der Waals surface area (Å²) in [5, 5.41) is 10.1. The summed E-state index contributed by atoms with van der Waals surface area (Å²) in [5.74, 6) is 0.647. The molecule has 0 bridgehead atoms. The standard InChI is InChI=1S/C25H31Cl2NOS.C5H12O/c1-6-18(4)24(16-29-15-20-10-8-7-9-11-20)28-25(17(2)3)19(5)30-23-13-21(26)12-22(27)14-23;1-4-5(2,3)6/h7-14,17-18H,6,15-16H2,1-5H3;6H,4H2,1-3H3/b25-19+,28-24?;/t18-;/m1./s1. The number of nitrogens with zero attached hydrogens (tertiary/aromatic N) is 1. The summed E-state index contributed by atoms with van der Waals surface area (Å²) in [6.45, 7) is 17.5. The Morgan fingerprint density at radius 3 is 2.06 bits per heavy atom. The van der Waals surface area contributed by atoms with E-state index in [0.29, 0.717) is 35.1 Å². The van der Waals surface area contributed by atoms with Gasteiger partial charge >= 0.3 is 0 Å². The van der Waals surface area contributed by atoms with Crippen molar-refractivity contribution >= 4 is 40.7 Å². The minimum Gasteiger partial charge on any atom is -0.390 e. The van der Waals surface area contributed by atoms with E-state index in [0.717, 1.165) is 34.1 Å². The average molecular weight is 553 g/mol. The van der Waals surface area contributed by atoms with Gasteiger partial charge < -0.3 is 9.84 Å². The summed E-state index contributed by atoms with van der Waals surface area (Å²) in [4.78, 5) is 7.27. The Morgan fingerprint density at radius 1 is 1.03 bits per heavy atom. The van der Waals surface area contributed by atoms with Gasteiger partial charge in [0.2, 0.25) is 0 Å². The first-order chi connectivity index (χ1) is 16.9. The molecule has 2 aromatic carbocycles. The van der Waals surface area contributed by atoms with E-state index in [1.54, 1.807) is 31.7 Å². The molecule has 0 aromatic heterocycles. The zero-order valence-corrected chi connectivity index (χ0v) is 25.4. The number of hydrogen-bond donors (Lipinski definition) is 1. The van der Waals surface area contributed by atoms with Crippen LogP contribution in [0.4, 0.5) is 0 Å². The number of benzene rings is 2. The maximum absolute atomic E-state index is 8.83. The van der Waals surface area contributed by atoms with E-state index in [4.69, 9.17) is 38.0 Å². The molecule has 0 aliphatic heterocycles. The number of hydrogen-bond acceptors (Lipinski definition) is 4. The molecule has 0 aliphatic rings. The lowest BCUT2D eigenvalue weighted by molar-refractivity contribution is 0.0765. The Labute approximate surface area is 233 Å². The molecule has 0 spiro atoms. The van der Waals surface area contributed by atoms with Gasteiger partial charge in [0.15, 0.2) is 0 Å². The molecule has 0 aliphatic carbocycles. The molecule has 1 N–H and O–H groups in total. The molecule has 0 saturated heterocycles. The van der Waals surface area contributed by atoms with E-state index in [2.05, 4.69) is 46.8 Å². The fourth-order valence-corrected chi connectivity index (χ4v) is 4.72. The molecular weight excluding hydrogens is 509 g/mol. The van der Waals surface area contributed by atoms with Crippen molar-refractivity contribution in [2.75, 3.05) is 6.61 Å². The van der Waals surface area contributed by atoms with Crippen LogP contribution in [0.2, 0.25) is 10.0 Å². The first-order valence-electron chi connectivity index (χ1n) is 12.6. The van der Waals surface area contributed by atoms with Crippen molar-refractivity contribution in [1.82, 2.24) is 0 Å². The molecule has 2 rings (SSSR count). The van der Waals surface area contributed by atoms with Crippen LogP contribution in [0.3, 0.4) is 0 Å². The highest BCUT2D eigenvalue weighted by atomic mass is 35.5. The second-order valence-corrected chi connectivity index (χ2v) is 12.0. The quantitative estimate of drug-likeness (QED) is 0.223. The maximum Gasteiger partial charge on any atom is 0.0856 e. The number of thioether (sulfide) groups is 1. The van der Waals surface area contributed by atoms with Crippen LogP contribution in [0.1, 0.15) is 73.8 Å². The van der Waals surface area contributed by atoms with Gasteiger partial charge in [0.1, 0.15) is 0 Å². The van der Waals surface area contributed by atoms with E-state index in [1.165, 1.54) is 5.56 Å². The van der Waals surface area contributed by atoms with Gasteiger partial charge in [-0.3, -0.25) is 4.99 Å². The Kier molecular flexibility index (Phi) is 15.0. The first kappa shape index (κ1) is 32.7. The largest absolute Gasteiger partial charge is 0.390 e. The summed E-state index contributed by atoms with van der Waals surface area (Å²) < 4.78 is 6.02. The zero-order valence-electron chi connectivity index (χ0n) is 23.1. The lowest BCUT2D eigenvalue weighted by Gasteiger charge is -2.18. The topological polar surface area (TPSA) is 41.8 Å². The minimum absolute atomic E-state index is 0.292. The Bertz CT molecular complexity index is 962. The molecule has 1 atom stereocenters. The maximum atomic E-state index is 8.83. The molecule has 200 valence electrons. The fourth-order valence-electron chi connectivity index (χ4n) is 2.95. The van der Waals surface area contributed by atoms with Gasteiger partial charge in [-0.05, 0) is 69.2 Å². The lowest BCUT2D eigenvalue weighted by atomic mass is 10.0. The van der Waals surface area contributed by atoms with Crippen molar-refractivity contribution < 1.29 is 9.84 Å². The number of allylic oxidation sites excluding steroid dienone is 2. The Morgan fingerprint density at radius 2 is 1.58 bits per heavy atom. The second-order valence-electron chi connectivity index (χ2n) is 9.86. The van der Waals surface area contributed by atoms with E-state index in [1.807, 2.05) is 37.3 Å². The van der Waals surface area contributed by atoms with Gasteiger partial charge in [-0.15, -0.1) is 0 Å². The van der Waals surface area contributed by atoms with Gasteiger partial charge in [0.05, 0.1) is 24.5 Å². The van der Waals surface area contributed by atoms with E-state index >= 15 is 0 Å². The molecule has 0 radical (unpaired) electrons. The monoisotopic (exact) mass is 551 g/mol. The predicted octanol–water partition coefficient (Wildman–Crippen LogP) is 9.84. The van der Waals surface area contributed by atoms with Crippen molar-refractivity contribution in [3.8, 4) is 0 Å². The van der Waals surface area contributed by atoms with Gasteiger partial charge in [0.25, 0.3) is 0 Å². The van der Waals surface area contributed by atoms with Gasteiger partial charge in [-0.25, -0.2) is 0 Å². The smallest absolute Gasteiger partial charge is 0.0856 e. The van der Waals surface area contributed by atoms with Crippen molar-refractivity contribution in [3.63, 3.8) is 0 Å². The molecule has 6 heteroatoms. The fraction of sp³-hybridized carbons (Fsp3) is 0.500. The molecule has 0 heterocycles. The molecule has 36 heavy (non-hydrogen) atoms. The van der Waals surface area contributed by atoms with Crippen LogP contribution in [0.15, 0.2) is 69.0 Å². The summed E-state index contributed by atoms with van der Waals surface area (Å²) in [6, 6.07) is 15.9. The molecule has 3 nitrogen and oxygen atoms in total. The number of aliphatic imine (C=N–C) groups is 1. The van der Waals surface area contributed by atoms with Crippen LogP contribution < -0.4 is 0 Å². The highest BCUT2D eigenvalue weighted by molar-refractivity contribution is 8.03. The molecule has 2 aromatic rings. The van der Waals surface area contributed by atoms with Crippen molar-refractivity contribution in [2.24, 2.45) is 16.8 Å². The normalized spacial score (nSPS) is 13.7. The molecular formula is C30H43Cl2NO2S. The number of ether oxygens (including phenoxy) is 1. The van der Waals surface area contributed by atoms with E-state index in [-0.39, 0.29) is 0 Å². The van der Waals surface area contributed by atoms with Crippen LogP contribution in [0.25, 0.3) is 0 Å². The van der Waals surface area contributed by atoms with Gasteiger partial charge in [-0.2, -0.15) is 0 Å². The first-order valence-corrected chi connectivity index (χ1v) is 14.2. The number of rotatable bonds is 11. The zero-order chi connectivity index (χ0) is 27.3. The van der Waals surface area contributed by atoms with Crippen LogP contribution in [-0.2, 0) is 11.3 Å². The summed E-state index contributed by atoms with van der Waals surface area (Å²) in [7, 11) is 0. The highest BCUT2D eigenvalue weighted by Gasteiger charge is 2.15. The third-order valence-corrected chi connectivity index (χ3v) is 7.11. The van der Waals surface area contributed by atoms with Gasteiger partial charge in [0, 0.05) is 25.6 Å². The van der Waals surface area contributed by atoms with Gasteiger partial charge in [-0.1, -0.05) is 99.9 Å². The molecule has 0 amide bonds. The van der Waals surface area contributed by atoms with Crippen LogP contribution in [0.5, 0.6) is 0 Å². The molecule has 0 fully saturated rings. The SMILES string of the molecule is CCC(C)(C)O.CC[C@@H](C)C(COCc1ccccc1)=N/C(=C(\C)Sc1cc(Cl)cc(Cl)c1)C(C)C. The molecule has 0 saturated carbocycles. The van der Waals surface area contributed by atoms with Crippen LogP contribution in [0, 0.1) is 11.8 Å². The minimum atomic E-state index is -0.458. The third kappa shape index (κ3) is 13.3. The summed E-state index contributed by atoms with van der Waals surface area (Å²) >= 11 is 14.0. The van der Waals surface area contributed by atoms with Crippen molar-refractivity contribution in [2.45, 2.75) is 85.3 Å². The Balaban J connectivity index is 0.000000960. The average Bonchev–Trinajstić information content (AvgIpc) is 2.80. The lowest BCUT2D eigenvalue weighted by Crippen LogP contribution is -2.18. The van der Waals surface area contributed by atoms with E-state index in [9.17, 15) is 0 Å². The summed E-state index contributed by atoms with van der Waals surface area (Å²) in [6.07, 6.45) is 1.85. The summed E-state index contributed by atoms with van der Waals surface area (Å²) in [5.41, 5.74) is 2.88. The molecule has 0 unspecified atom stereocenters.